The number of amides is 1. The van der Waals surface area contributed by atoms with Gasteiger partial charge >= 0.3 is 0 Å². The van der Waals surface area contributed by atoms with Gasteiger partial charge in [-0.05, 0) is 68.9 Å². The quantitative estimate of drug-likeness (QED) is 0.793. The van der Waals surface area contributed by atoms with Gasteiger partial charge in [-0.15, -0.1) is 0 Å². The average Bonchev–Trinajstić information content (AvgIpc) is 3.13. The van der Waals surface area contributed by atoms with Crippen molar-refractivity contribution < 1.29 is 9.21 Å². The number of piperidine rings is 1. The molecule has 2 aromatic heterocycles. The van der Waals surface area contributed by atoms with Crippen LogP contribution in [0.5, 0.6) is 0 Å². The molecule has 0 aliphatic carbocycles. The maximum Gasteiger partial charge on any atom is 0.247 e. The Morgan fingerprint density at radius 3 is 2.75 bits per heavy atom. The molecule has 1 saturated heterocycles. The molecule has 0 unspecified atom stereocenters. The second-order valence-corrected chi connectivity index (χ2v) is 6.19. The summed E-state index contributed by atoms with van der Waals surface area (Å²) < 4.78 is 5.45. The number of hydrogen-bond acceptors (Lipinski definition) is 4. The summed E-state index contributed by atoms with van der Waals surface area (Å²) in [7, 11) is 2.12. The number of carbonyl (C=O) groups is 1. The van der Waals surface area contributed by atoms with Gasteiger partial charge in [0, 0.05) is 24.5 Å². The number of likely N-dealkylation sites (tertiary alicyclic amines) is 1. The lowest BCUT2D eigenvalue weighted by Gasteiger charge is -2.36. The van der Waals surface area contributed by atoms with Crippen LogP contribution in [-0.2, 0) is 11.3 Å². The van der Waals surface area contributed by atoms with Crippen LogP contribution in [0, 0.1) is 0 Å². The van der Waals surface area contributed by atoms with Crippen LogP contribution in [-0.4, -0.2) is 46.9 Å². The highest BCUT2D eigenvalue weighted by Gasteiger charge is 2.26. The minimum Gasteiger partial charge on any atom is -0.467 e. The minimum atomic E-state index is 0.0257. The van der Waals surface area contributed by atoms with Crippen LogP contribution in [0.2, 0.25) is 0 Å². The molecule has 1 amide bonds. The Kier molecular flexibility index (Phi) is 5.43. The van der Waals surface area contributed by atoms with Crippen molar-refractivity contribution in [2.24, 2.45) is 0 Å². The number of hydrogen-bond donors (Lipinski definition) is 0. The Labute approximate surface area is 142 Å². The van der Waals surface area contributed by atoms with E-state index in [1.54, 1.807) is 24.7 Å². The van der Waals surface area contributed by atoms with Gasteiger partial charge < -0.3 is 14.2 Å². The van der Waals surface area contributed by atoms with Crippen LogP contribution < -0.4 is 0 Å². The Hall–Kier alpha value is -2.40. The van der Waals surface area contributed by atoms with Gasteiger partial charge in [-0.25, -0.2) is 0 Å². The van der Waals surface area contributed by atoms with E-state index in [9.17, 15) is 4.79 Å². The molecule has 0 spiro atoms. The second-order valence-electron chi connectivity index (χ2n) is 6.19. The second kappa shape index (κ2) is 7.93. The van der Waals surface area contributed by atoms with E-state index in [4.69, 9.17) is 4.42 Å². The maximum absolute atomic E-state index is 12.8. The molecule has 0 radical (unpaired) electrons. The van der Waals surface area contributed by atoms with Crippen LogP contribution in [0.25, 0.3) is 6.08 Å². The topological polar surface area (TPSA) is 49.6 Å². The number of pyridine rings is 1. The average molecular weight is 325 g/mol. The Morgan fingerprint density at radius 1 is 1.33 bits per heavy atom. The first-order valence-corrected chi connectivity index (χ1v) is 8.32. The number of furan rings is 1. The molecule has 5 nitrogen and oxygen atoms in total. The lowest BCUT2D eigenvalue weighted by atomic mass is 10.0. The van der Waals surface area contributed by atoms with E-state index in [-0.39, 0.29) is 11.9 Å². The standard InChI is InChI=1S/C19H23N3O2/c1-21-12-8-17(9-13-21)22(15-18-3-2-14-24-18)19(23)5-4-16-6-10-20-11-7-16/h2-7,10-11,14,17H,8-9,12-13,15H2,1H3. The first-order valence-electron chi connectivity index (χ1n) is 8.32. The molecule has 2 aromatic rings. The molecule has 3 heterocycles. The predicted molar refractivity (Wildman–Crippen MR) is 93.0 cm³/mol. The molecule has 1 fully saturated rings. The minimum absolute atomic E-state index is 0.0257. The third kappa shape index (κ3) is 4.32. The van der Waals surface area contributed by atoms with Gasteiger partial charge in [-0.1, -0.05) is 0 Å². The van der Waals surface area contributed by atoms with E-state index in [1.165, 1.54) is 0 Å². The van der Waals surface area contributed by atoms with Crippen LogP contribution in [0.3, 0.4) is 0 Å². The highest BCUT2D eigenvalue weighted by atomic mass is 16.3. The van der Waals surface area contributed by atoms with Crippen molar-refractivity contribution >= 4 is 12.0 Å². The molecule has 3 rings (SSSR count). The molecule has 0 saturated carbocycles. The normalized spacial score (nSPS) is 16.5. The smallest absolute Gasteiger partial charge is 0.247 e. The fraction of sp³-hybridized carbons (Fsp3) is 0.368. The number of aromatic nitrogens is 1. The summed E-state index contributed by atoms with van der Waals surface area (Å²) in [5, 5.41) is 0. The number of rotatable bonds is 5. The summed E-state index contributed by atoms with van der Waals surface area (Å²) in [5.74, 6) is 0.845. The first kappa shape index (κ1) is 16.5. The van der Waals surface area contributed by atoms with Crippen molar-refractivity contribution in [2.45, 2.75) is 25.4 Å². The summed E-state index contributed by atoms with van der Waals surface area (Å²) in [6, 6.07) is 7.80. The van der Waals surface area contributed by atoms with Crippen LogP contribution in [0.15, 0.2) is 53.4 Å². The molecule has 1 aliphatic rings. The van der Waals surface area contributed by atoms with E-state index in [1.807, 2.05) is 35.2 Å². The van der Waals surface area contributed by atoms with E-state index in [2.05, 4.69) is 16.9 Å². The van der Waals surface area contributed by atoms with Crippen LogP contribution in [0.1, 0.15) is 24.2 Å². The van der Waals surface area contributed by atoms with Crippen molar-refractivity contribution in [3.8, 4) is 0 Å². The van der Waals surface area contributed by atoms with Crippen molar-refractivity contribution in [1.82, 2.24) is 14.8 Å². The molecule has 0 atom stereocenters. The van der Waals surface area contributed by atoms with Gasteiger partial charge in [0.25, 0.3) is 0 Å². The van der Waals surface area contributed by atoms with Crippen molar-refractivity contribution in [2.75, 3.05) is 20.1 Å². The highest BCUT2D eigenvalue weighted by Crippen LogP contribution is 2.19. The van der Waals surface area contributed by atoms with Gasteiger partial charge in [-0.2, -0.15) is 0 Å². The van der Waals surface area contributed by atoms with E-state index in [0.717, 1.165) is 37.3 Å². The number of carbonyl (C=O) groups excluding carboxylic acids is 1. The fourth-order valence-electron chi connectivity index (χ4n) is 3.00. The zero-order valence-electron chi connectivity index (χ0n) is 14.0. The van der Waals surface area contributed by atoms with E-state index in [0.29, 0.717) is 6.54 Å². The largest absolute Gasteiger partial charge is 0.467 e. The van der Waals surface area contributed by atoms with Gasteiger partial charge in [0.05, 0.1) is 12.8 Å². The summed E-state index contributed by atoms with van der Waals surface area (Å²) >= 11 is 0. The van der Waals surface area contributed by atoms with E-state index < -0.39 is 0 Å². The monoisotopic (exact) mass is 325 g/mol. The van der Waals surface area contributed by atoms with Gasteiger partial charge in [-0.3, -0.25) is 9.78 Å². The van der Waals surface area contributed by atoms with Gasteiger partial charge in [0.2, 0.25) is 5.91 Å². The molecule has 0 aromatic carbocycles. The molecular formula is C19H23N3O2. The lowest BCUT2D eigenvalue weighted by Crippen LogP contribution is -2.45. The lowest BCUT2D eigenvalue weighted by molar-refractivity contribution is -0.130. The van der Waals surface area contributed by atoms with E-state index >= 15 is 0 Å². The summed E-state index contributed by atoms with van der Waals surface area (Å²) in [4.78, 5) is 21.0. The molecule has 0 bridgehead atoms. The third-order valence-corrected chi connectivity index (χ3v) is 4.44. The maximum atomic E-state index is 12.8. The Morgan fingerprint density at radius 2 is 2.08 bits per heavy atom. The fourth-order valence-corrected chi connectivity index (χ4v) is 3.00. The predicted octanol–water partition coefficient (Wildman–Crippen LogP) is 2.81. The molecule has 5 heteroatoms. The Bertz CT molecular complexity index is 659. The van der Waals surface area contributed by atoms with Crippen molar-refractivity contribution in [1.29, 1.82) is 0 Å². The molecule has 1 aliphatic heterocycles. The van der Waals surface area contributed by atoms with Crippen LogP contribution >= 0.6 is 0 Å². The zero-order chi connectivity index (χ0) is 16.8. The van der Waals surface area contributed by atoms with Crippen LogP contribution in [0.4, 0.5) is 0 Å². The highest BCUT2D eigenvalue weighted by molar-refractivity contribution is 5.92. The summed E-state index contributed by atoms with van der Waals surface area (Å²) in [6.07, 6.45) is 10.6. The first-order chi connectivity index (χ1) is 11.7. The molecular weight excluding hydrogens is 302 g/mol. The molecule has 126 valence electrons. The summed E-state index contributed by atoms with van der Waals surface area (Å²) in [6.45, 7) is 2.54. The number of nitrogens with zero attached hydrogens (tertiary/aromatic N) is 3. The van der Waals surface area contributed by atoms with Gasteiger partial charge in [0.15, 0.2) is 0 Å². The molecule has 24 heavy (non-hydrogen) atoms. The van der Waals surface area contributed by atoms with Crippen molar-refractivity contribution in [3.63, 3.8) is 0 Å². The van der Waals surface area contributed by atoms with Gasteiger partial charge in [0.1, 0.15) is 5.76 Å². The Balaban J connectivity index is 1.73. The third-order valence-electron chi connectivity index (χ3n) is 4.44. The van der Waals surface area contributed by atoms with Crippen molar-refractivity contribution in [3.05, 3.63) is 60.3 Å². The zero-order valence-corrected chi connectivity index (χ0v) is 14.0. The molecule has 0 N–H and O–H groups in total. The SMILES string of the molecule is CN1CCC(N(Cc2ccco2)C(=O)C=Cc2ccncc2)CC1. The summed E-state index contributed by atoms with van der Waals surface area (Å²) in [5.41, 5.74) is 0.972.